The summed E-state index contributed by atoms with van der Waals surface area (Å²) in [5.74, 6) is 0.547. The second-order valence-corrected chi connectivity index (χ2v) is 6.52. The zero-order valence-electron chi connectivity index (χ0n) is 15.3. The van der Waals surface area contributed by atoms with Crippen molar-refractivity contribution in [1.82, 2.24) is 15.1 Å². The molecule has 1 heterocycles. The maximum atomic E-state index is 12.3. The van der Waals surface area contributed by atoms with E-state index in [2.05, 4.69) is 22.3 Å². The molecule has 0 atom stereocenters. The van der Waals surface area contributed by atoms with E-state index >= 15 is 0 Å². The van der Waals surface area contributed by atoms with E-state index in [0.717, 1.165) is 32.7 Å². The number of hydrogen-bond acceptors (Lipinski definition) is 4. The number of amides is 2. The van der Waals surface area contributed by atoms with Gasteiger partial charge >= 0.3 is 6.09 Å². The van der Waals surface area contributed by atoms with Crippen molar-refractivity contribution in [3.05, 3.63) is 66.2 Å². The van der Waals surface area contributed by atoms with Gasteiger partial charge in [-0.05, 0) is 17.7 Å². The van der Waals surface area contributed by atoms with Gasteiger partial charge in [0, 0.05) is 45.7 Å². The summed E-state index contributed by atoms with van der Waals surface area (Å²) in [5.41, 5.74) is 1.29. The van der Waals surface area contributed by atoms with Crippen LogP contribution in [0.1, 0.15) is 12.0 Å². The molecule has 1 saturated heterocycles. The zero-order valence-corrected chi connectivity index (χ0v) is 15.3. The van der Waals surface area contributed by atoms with Crippen molar-refractivity contribution >= 4 is 12.0 Å². The largest absolute Gasteiger partial charge is 0.412 e. The maximum Gasteiger partial charge on any atom is 0.412 e. The van der Waals surface area contributed by atoms with Gasteiger partial charge in [0.05, 0.1) is 0 Å². The van der Waals surface area contributed by atoms with Gasteiger partial charge in [-0.1, -0.05) is 48.5 Å². The van der Waals surface area contributed by atoms with Crippen LogP contribution in [0.2, 0.25) is 0 Å². The van der Waals surface area contributed by atoms with E-state index in [0.29, 0.717) is 5.75 Å². The summed E-state index contributed by atoms with van der Waals surface area (Å²) in [6, 6.07) is 19.2. The Morgan fingerprint density at radius 2 is 1.52 bits per heavy atom. The summed E-state index contributed by atoms with van der Waals surface area (Å²) in [4.78, 5) is 28.3. The first kappa shape index (κ1) is 18.9. The van der Waals surface area contributed by atoms with Crippen LogP contribution in [0.5, 0.6) is 5.75 Å². The molecule has 0 aromatic heterocycles. The molecule has 1 fully saturated rings. The minimum absolute atomic E-state index is 0.0642. The molecule has 6 heteroatoms. The molecule has 0 bridgehead atoms. The van der Waals surface area contributed by atoms with Gasteiger partial charge < -0.3 is 15.0 Å². The van der Waals surface area contributed by atoms with Crippen LogP contribution in [-0.2, 0) is 11.3 Å². The summed E-state index contributed by atoms with van der Waals surface area (Å²) in [6.45, 7) is 4.36. The number of hydrogen-bond donors (Lipinski definition) is 1. The van der Waals surface area contributed by atoms with Gasteiger partial charge in [-0.25, -0.2) is 4.79 Å². The van der Waals surface area contributed by atoms with Gasteiger partial charge in [0.1, 0.15) is 5.75 Å². The van der Waals surface area contributed by atoms with Crippen molar-refractivity contribution in [2.75, 3.05) is 32.7 Å². The highest BCUT2D eigenvalue weighted by Gasteiger charge is 2.21. The topological polar surface area (TPSA) is 61.9 Å². The molecule has 0 radical (unpaired) electrons. The van der Waals surface area contributed by atoms with Crippen molar-refractivity contribution in [3.8, 4) is 5.75 Å². The van der Waals surface area contributed by atoms with Crippen molar-refractivity contribution in [2.45, 2.75) is 13.0 Å². The number of nitrogens with one attached hydrogen (secondary N) is 1. The molecule has 0 aliphatic carbocycles. The predicted octanol–water partition coefficient (Wildman–Crippen LogP) is 2.51. The molecule has 142 valence electrons. The second kappa shape index (κ2) is 9.73. The van der Waals surface area contributed by atoms with Crippen molar-refractivity contribution in [1.29, 1.82) is 0 Å². The number of ether oxygens (including phenoxy) is 1. The molecule has 0 spiro atoms. The van der Waals surface area contributed by atoms with Crippen LogP contribution >= 0.6 is 0 Å². The number of nitrogens with zero attached hydrogens (tertiary/aromatic N) is 2. The van der Waals surface area contributed by atoms with E-state index in [9.17, 15) is 9.59 Å². The summed E-state index contributed by atoms with van der Waals surface area (Å²) >= 11 is 0. The molecular formula is C21H25N3O3. The quantitative estimate of drug-likeness (QED) is 0.852. The molecular weight excluding hydrogens is 342 g/mol. The maximum absolute atomic E-state index is 12.3. The van der Waals surface area contributed by atoms with Crippen molar-refractivity contribution in [3.63, 3.8) is 0 Å². The third kappa shape index (κ3) is 6.11. The fourth-order valence-electron chi connectivity index (χ4n) is 3.06. The molecule has 2 aromatic rings. The normalized spacial score (nSPS) is 14.6. The van der Waals surface area contributed by atoms with E-state index in [-0.39, 0.29) is 18.9 Å². The van der Waals surface area contributed by atoms with Crippen LogP contribution in [0.25, 0.3) is 0 Å². The first-order valence-electron chi connectivity index (χ1n) is 9.25. The minimum atomic E-state index is -0.540. The SMILES string of the molecule is O=C(NCCC(=O)N1CCN(Cc2ccccc2)CC1)Oc1ccccc1. The minimum Gasteiger partial charge on any atom is -0.410 e. The first-order chi connectivity index (χ1) is 13.2. The number of rotatable bonds is 6. The first-order valence-corrected chi connectivity index (χ1v) is 9.25. The van der Waals surface area contributed by atoms with Crippen LogP contribution in [0.3, 0.4) is 0 Å². The molecule has 6 nitrogen and oxygen atoms in total. The summed E-state index contributed by atoms with van der Waals surface area (Å²) < 4.78 is 5.13. The van der Waals surface area contributed by atoms with Crippen LogP contribution in [0.4, 0.5) is 4.79 Å². The molecule has 2 aromatic carbocycles. The molecule has 1 N–H and O–H groups in total. The van der Waals surface area contributed by atoms with E-state index < -0.39 is 6.09 Å². The van der Waals surface area contributed by atoms with Crippen molar-refractivity contribution < 1.29 is 14.3 Å². The summed E-state index contributed by atoms with van der Waals surface area (Å²) in [7, 11) is 0. The number of benzene rings is 2. The molecule has 27 heavy (non-hydrogen) atoms. The average molecular weight is 367 g/mol. The van der Waals surface area contributed by atoms with Crippen molar-refractivity contribution in [2.24, 2.45) is 0 Å². The van der Waals surface area contributed by atoms with E-state index in [1.807, 2.05) is 29.2 Å². The lowest BCUT2D eigenvalue weighted by molar-refractivity contribution is -0.132. The lowest BCUT2D eigenvalue weighted by Gasteiger charge is -2.34. The van der Waals surface area contributed by atoms with Crippen LogP contribution in [-0.4, -0.2) is 54.5 Å². The van der Waals surface area contributed by atoms with Crippen LogP contribution in [0, 0.1) is 0 Å². The van der Waals surface area contributed by atoms with Gasteiger partial charge in [-0.15, -0.1) is 0 Å². The van der Waals surface area contributed by atoms with Gasteiger partial charge in [0.15, 0.2) is 0 Å². The standard InChI is InChI=1S/C21H25N3O3/c25-20(11-12-22-21(26)27-19-9-5-2-6-10-19)24-15-13-23(14-16-24)17-18-7-3-1-4-8-18/h1-10H,11-17H2,(H,22,26). The Hall–Kier alpha value is -2.86. The van der Waals surface area contributed by atoms with E-state index in [4.69, 9.17) is 4.74 Å². The Balaban J connectivity index is 1.33. The Bertz CT molecular complexity index is 729. The Labute approximate surface area is 159 Å². The third-order valence-corrected chi connectivity index (χ3v) is 4.54. The van der Waals surface area contributed by atoms with Gasteiger partial charge in [0.2, 0.25) is 5.91 Å². The lowest BCUT2D eigenvalue weighted by Crippen LogP contribution is -2.48. The Morgan fingerprint density at radius 3 is 2.19 bits per heavy atom. The van der Waals surface area contributed by atoms with Gasteiger partial charge in [0.25, 0.3) is 0 Å². The fourth-order valence-corrected chi connectivity index (χ4v) is 3.06. The molecule has 1 aliphatic heterocycles. The number of para-hydroxylation sites is 1. The molecule has 0 saturated carbocycles. The predicted molar refractivity (Wildman–Crippen MR) is 103 cm³/mol. The molecule has 3 rings (SSSR count). The number of piperazine rings is 1. The van der Waals surface area contributed by atoms with E-state index in [1.165, 1.54) is 5.56 Å². The Morgan fingerprint density at radius 1 is 0.889 bits per heavy atom. The summed E-state index contributed by atoms with van der Waals surface area (Å²) in [5, 5.41) is 2.62. The van der Waals surface area contributed by atoms with Gasteiger partial charge in [-0.2, -0.15) is 0 Å². The summed E-state index contributed by atoms with van der Waals surface area (Å²) in [6.07, 6.45) is -0.260. The fraction of sp³-hybridized carbons (Fsp3) is 0.333. The lowest BCUT2D eigenvalue weighted by atomic mass is 10.2. The second-order valence-electron chi connectivity index (χ2n) is 6.52. The number of carbonyl (C=O) groups is 2. The molecule has 0 unspecified atom stereocenters. The van der Waals surface area contributed by atoms with Gasteiger partial charge in [-0.3, -0.25) is 9.69 Å². The Kier molecular flexibility index (Phi) is 6.82. The molecule has 1 aliphatic rings. The third-order valence-electron chi connectivity index (χ3n) is 4.54. The molecule has 2 amide bonds. The highest BCUT2D eigenvalue weighted by Crippen LogP contribution is 2.10. The van der Waals surface area contributed by atoms with Crippen LogP contribution < -0.4 is 10.1 Å². The monoisotopic (exact) mass is 367 g/mol. The zero-order chi connectivity index (χ0) is 18.9. The highest BCUT2D eigenvalue weighted by molar-refractivity contribution is 5.77. The van der Waals surface area contributed by atoms with Crippen LogP contribution in [0.15, 0.2) is 60.7 Å². The van der Waals surface area contributed by atoms with E-state index in [1.54, 1.807) is 24.3 Å². The highest BCUT2D eigenvalue weighted by atomic mass is 16.6. The average Bonchev–Trinajstić information content (AvgIpc) is 2.70. The smallest absolute Gasteiger partial charge is 0.410 e. The number of carbonyl (C=O) groups excluding carboxylic acids is 2.